The van der Waals surface area contributed by atoms with Crippen LogP contribution in [-0.4, -0.2) is 13.0 Å². The van der Waals surface area contributed by atoms with Crippen LogP contribution in [0.1, 0.15) is 27.0 Å². The Bertz CT molecular complexity index is 911. The van der Waals surface area contributed by atoms with Crippen LogP contribution in [0.2, 0.25) is 0 Å². The van der Waals surface area contributed by atoms with Crippen molar-refractivity contribution in [2.24, 2.45) is 0 Å². The van der Waals surface area contributed by atoms with Gasteiger partial charge in [-0.05, 0) is 28.8 Å². The molecule has 0 aliphatic heterocycles. The van der Waals surface area contributed by atoms with Crippen LogP contribution in [0.3, 0.4) is 0 Å². The summed E-state index contributed by atoms with van der Waals surface area (Å²) in [5, 5.41) is 2.73. The van der Waals surface area contributed by atoms with Gasteiger partial charge in [-0.15, -0.1) is 0 Å². The normalized spacial score (nSPS) is 10.5. The zero-order valence-corrected chi connectivity index (χ0v) is 15.7. The highest BCUT2D eigenvalue weighted by Crippen LogP contribution is 2.16. The number of nitrogens with one attached hydrogen (secondary N) is 1. The Morgan fingerprint density at radius 3 is 2.18 bits per heavy atom. The van der Waals surface area contributed by atoms with E-state index < -0.39 is 11.7 Å². The van der Waals surface area contributed by atoms with E-state index in [0.29, 0.717) is 25.5 Å². The maximum Gasteiger partial charge on any atom is 0.254 e. The minimum atomic E-state index is -0.609. The molecule has 1 N–H and O–H groups in total. The first-order valence-electron chi connectivity index (χ1n) is 8.97. The van der Waals surface area contributed by atoms with Gasteiger partial charge in [0.2, 0.25) is 0 Å². The molecule has 28 heavy (non-hydrogen) atoms. The highest BCUT2D eigenvalue weighted by molar-refractivity contribution is 5.94. The number of hydrogen-bond acceptors (Lipinski definition) is 3. The number of methoxy groups -OCH3 is 1. The van der Waals surface area contributed by atoms with Crippen LogP contribution < -0.4 is 10.1 Å². The molecule has 0 heterocycles. The van der Waals surface area contributed by atoms with Gasteiger partial charge in [-0.3, -0.25) is 4.79 Å². The van der Waals surface area contributed by atoms with Crippen molar-refractivity contribution in [3.8, 4) is 5.75 Å². The summed E-state index contributed by atoms with van der Waals surface area (Å²) in [4.78, 5) is 12.2. The van der Waals surface area contributed by atoms with E-state index in [9.17, 15) is 9.18 Å². The van der Waals surface area contributed by atoms with Gasteiger partial charge in [0, 0.05) is 12.6 Å². The van der Waals surface area contributed by atoms with Gasteiger partial charge >= 0.3 is 0 Å². The molecular formula is C23H22FNO3. The molecule has 0 unspecified atom stereocenters. The third kappa shape index (κ3) is 5.41. The Labute approximate surface area is 163 Å². The first-order chi connectivity index (χ1) is 13.7. The maximum absolute atomic E-state index is 14.0. The summed E-state index contributed by atoms with van der Waals surface area (Å²) >= 11 is 0. The second-order valence-electron chi connectivity index (χ2n) is 6.32. The lowest BCUT2D eigenvalue weighted by Gasteiger charge is -2.09. The van der Waals surface area contributed by atoms with Crippen molar-refractivity contribution in [3.63, 3.8) is 0 Å². The van der Waals surface area contributed by atoms with Crippen molar-refractivity contribution in [3.05, 3.63) is 101 Å². The molecule has 0 spiro atoms. The summed E-state index contributed by atoms with van der Waals surface area (Å²) < 4.78 is 24.6. The van der Waals surface area contributed by atoms with Crippen molar-refractivity contribution in [2.45, 2.75) is 19.8 Å². The number of halogens is 1. The molecule has 4 nitrogen and oxygen atoms in total. The third-order valence-corrected chi connectivity index (χ3v) is 4.28. The van der Waals surface area contributed by atoms with Crippen LogP contribution in [-0.2, 0) is 24.5 Å². The number of amides is 1. The summed E-state index contributed by atoms with van der Waals surface area (Å²) in [6.07, 6.45) is 0. The quantitative estimate of drug-likeness (QED) is 0.628. The Morgan fingerprint density at radius 2 is 1.54 bits per heavy atom. The Balaban J connectivity index is 1.48. The molecule has 0 aromatic heterocycles. The second-order valence-corrected chi connectivity index (χ2v) is 6.32. The zero-order chi connectivity index (χ0) is 19.8. The zero-order valence-electron chi connectivity index (χ0n) is 15.7. The molecule has 5 heteroatoms. The van der Waals surface area contributed by atoms with E-state index >= 15 is 0 Å². The number of ether oxygens (including phenoxy) is 2. The van der Waals surface area contributed by atoms with Crippen LogP contribution in [0, 0.1) is 5.82 Å². The van der Waals surface area contributed by atoms with Gasteiger partial charge in [0.15, 0.2) is 0 Å². The van der Waals surface area contributed by atoms with Gasteiger partial charge in [0.05, 0.1) is 25.9 Å². The lowest BCUT2D eigenvalue weighted by molar-refractivity contribution is 0.0946. The van der Waals surface area contributed by atoms with Crippen LogP contribution in [0.4, 0.5) is 4.39 Å². The summed E-state index contributed by atoms with van der Waals surface area (Å²) in [5.41, 5.74) is 3.10. The fraction of sp³-hybridized carbons (Fsp3) is 0.174. The Kier molecular flexibility index (Phi) is 6.76. The fourth-order valence-corrected chi connectivity index (χ4v) is 2.70. The van der Waals surface area contributed by atoms with Crippen molar-refractivity contribution < 1.29 is 18.7 Å². The number of hydrogen-bond donors (Lipinski definition) is 1. The molecule has 0 aliphatic carbocycles. The van der Waals surface area contributed by atoms with Crippen LogP contribution in [0.5, 0.6) is 5.75 Å². The largest absolute Gasteiger partial charge is 0.497 e. The van der Waals surface area contributed by atoms with Gasteiger partial charge in [-0.1, -0.05) is 54.6 Å². The SMILES string of the molecule is COc1ccc(C(=O)NCc2ccc(COCc3ccccc3)cc2)c(F)c1. The number of benzene rings is 3. The summed E-state index contributed by atoms with van der Waals surface area (Å²) in [7, 11) is 1.45. The predicted octanol–water partition coefficient (Wildman–Crippen LogP) is 4.48. The van der Waals surface area contributed by atoms with E-state index in [1.54, 1.807) is 6.07 Å². The first kappa shape index (κ1) is 19.6. The molecule has 144 valence electrons. The highest BCUT2D eigenvalue weighted by Gasteiger charge is 2.12. The maximum atomic E-state index is 14.0. The topological polar surface area (TPSA) is 47.6 Å². The first-order valence-corrected chi connectivity index (χ1v) is 8.97. The number of carbonyl (C=O) groups excluding carboxylic acids is 1. The molecule has 0 saturated carbocycles. The van der Waals surface area contributed by atoms with Gasteiger partial charge in [-0.25, -0.2) is 4.39 Å². The average Bonchev–Trinajstić information content (AvgIpc) is 2.73. The van der Waals surface area contributed by atoms with E-state index in [0.717, 1.165) is 16.7 Å². The minimum absolute atomic E-state index is 0.00766. The van der Waals surface area contributed by atoms with E-state index in [1.807, 2.05) is 54.6 Å². The molecule has 3 aromatic rings. The second kappa shape index (κ2) is 9.67. The van der Waals surface area contributed by atoms with E-state index in [-0.39, 0.29) is 5.56 Å². The molecule has 0 aliphatic rings. The fourth-order valence-electron chi connectivity index (χ4n) is 2.70. The average molecular weight is 379 g/mol. The lowest BCUT2D eigenvalue weighted by atomic mass is 10.1. The Hall–Kier alpha value is -3.18. The molecule has 3 rings (SSSR count). The van der Waals surface area contributed by atoms with Gasteiger partial charge in [0.25, 0.3) is 5.91 Å². The molecule has 0 radical (unpaired) electrons. The highest BCUT2D eigenvalue weighted by atomic mass is 19.1. The van der Waals surface area contributed by atoms with Gasteiger partial charge in [0.1, 0.15) is 11.6 Å². The van der Waals surface area contributed by atoms with Gasteiger partial charge < -0.3 is 14.8 Å². The molecule has 1 amide bonds. The van der Waals surface area contributed by atoms with Crippen LogP contribution >= 0.6 is 0 Å². The van der Waals surface area contributed by atoms with Crippen LogP contribution in [0.25, 0.3) is 0 Å². The van der Waals surface area contributed by atoms with Gasteiger partial charge in [-0.2, -0.15) is 0 Å². The standard InChI is InChI=1S/C23H22FNO3/c1-27-20-11-12-21(22(24)13-20)23(26)25-14-17-7-9-19(10-8-17)16-28-15-18-5-3-2-4-6-18/h2-13H,14-16H2,1H3,(H,25,26). The van der Waals surface area contributed by atoms with E-state index in [1.165, 1.54) is 19.2 Å². The van der Waals surface area contributed by atoms with Crippen LogP contribution in [0.15, 0.2) is 72.8 Å². The summed E-state index contributed by atoms with van der Waals surface area (Å²) in [6, 6.07) is 21.9. The third-order valence-electron chi connectivity index (χ3n) is 4.28. The molecule has 0 bridgehead atoms. The van der Waals surface area contributed by atoms with E-state index in [4.69, 9.17) is 9.47 Å². The van der Waals surface area contributed by atoms with Crippen molar-refractivity contribution in [1.29, 1.82) is 0 Å². The molecule has 3 aromatic carbocycles. The van der Waals surface area contributed by atoms with Crippen molar-refractivity contribution in [2.75, 3.05) is 7.11 Å². The smallest absolute Gasteiger partial charge is 0.254 e. The number of carbonyl (C=O) groups is 1. The lowest BCUT2D eigenvalue weighted by Crippen LogP contribution is -2.23. The molecule has 0 fully saturated rings. The van der Waals surface area contributed by atoms with E-state index in [2.05, 4.69) is 5.32 Å². The minimum Gasteiger partial charge on any atom is -0.497 e. The molecule has 0 saturated heterocycles. The number of rotatable bonds is 8. The summed E-state index contributed by atoms with van der Waals surface area (Å²) in [5.74, 6) is -0.697. The Morgan fingerprint density at radius 1 is 0.893 bits per heavy atom. The van der Waals surface area contributed by atoms with Crippen molar-refractivity contribution >= 4 is 5.91 Å². The molecular weight excluding hydrogens is 357 g/mol. The predicted molar refractivity (Wildman–Crippen MR) is 105 cm³/mol. The summed E-state index contributed by atoms with van der Waals surface area (Å²) in [6.45, 7) is 1.39. The molecule has 0 atom stereocenters. The monoisotopic (exact) mass is 379 g/mol. The van der Waals surface area contributed by atoms with Crippen molar-refractivity contribution in [1.82, 2.24) is 5.32 Å².